The van der Waals surface area contributed by atoms with Gasteiger partial charge in [0.05, 0.1) is 0 Å². The molecule has 0 fully saturated rings. The van der Waals surface area contributed by atoms with Crippen molar-refractivity contribution in [3.8, 4) is 0 Å². The Balaban J connectivity index is 2.21. The molecule has 0 aliphatic carbocycles. The number of carbonyl (C=O) groups is 1. The quantitative estimate of drug-likeness (QED) is 0.733. The van der Waals surface area contributed by atoms with E-state index in [1.54, 1.807) is 11.3 Å². The number of hydrogen-bond acceptors (Lipinski definition) is 2. The number of aryl methyl sites for hydroxylation is 2. The molecule has 1 aromatic heterocycles. The van der Waals surface area contributed by atoms with E-state index in [9.17, 15) is 4.79 Å². The van der Waals surface area contributed by atoms with E-state index in [0.717, 1.165) is 21.6 Å². The number of ketones is 1. The highest BCUT2D eigenvalue weighted by atomic mass is 32.1. The molecule has 0 bridgehead atoms. The van der Waals surface area contributed by atoms with Crippen LogP contribution in [0.2, 0.25) is 0 Å². The van der Waals surface area contributed by atoms with Gasteiger partial charge in [0.1, 0.15) is 0 Å². The smallest absolute Gasteiger partial charge is 0.168 e. The van der Waals surface area contributed by atoms with E-state index in [1.807, 2.05) is 43.5 Å². The fourth-order valence-corrected chi connectivity index (χ4v) is 2.51. The zero-order valence-electron chi connectivity index (χ0n) is 9.49. The molecular weight excluding hydrogens is 216 g/mol. The van der Waals surface area contributed by atoms with Gasteiger partial charge < -0.3 is 0 Å². The van der Waals surface area contributed by atoms with Gasteiger partial charge in [0, 0.05) is 16.9 Å². The molecule has 0 aliphatic rings. The van der Waals surface area contributed by atoms with Gasteiger partial charge in [0.25, 0.3) is 0 Å². The number of Topliss-reactive ketones (excluding diaryl/α,β-unsaturated/α-hetero) is 1. The van der Waals surface area contributed by atoms with Crippen LogP contribution in [0.25, 0.3) is 0 Å². The Hall–Kier alpha value is -1.41. The lowest BCUT2D eigenvalue weighted by Gasteiger charge is -2.03. The second kappa shape index (κ2) is 4.62. The first-order chi connectivity index (χ1) is 7.65. The van der Waals surface area contributed by atoms with Gasteiger partial charge in [0.15, 0.2) is 5.78 Å². The van der Waals surface area contributed by atoms with Crippen molar-refractivity contribution in [3.63, 3.8) is 0 Å². The Bertz CT molecular complexity index is 477. The Morgan fingerprint density at radius 1 is 1.19 bits per heavy atom. The molecule has 0 atom stereocenters. The van der Waals surface area contributed by atoms with Crippen LogP contribution >= 0.6 is 11.3 Å². The monoisotopic (exact) mass is 230 g/mol. The summed E-state index contributed by atoms with van der Waals surface area (Å²) in [6, 6.07) is 9.99. The van der Waals surface area contributed by atoms with Crippen LogP contribution in [0.3, 0.4) is 0 Å². The average Bonchev–Trinajstić information content (AvgIpc) is 2.68. The van der Waals surface area contributed by atoms with Gasteiger partial charge in [-0.3, -0.25) is 4.79 Å². The molecule has 0 N–H and O–H groups in total. The van der Waals surface area contributed by atoms with Crippen molar-refractivity contribution in [1.29, 1.82) is 0 Å². The third-order valence-electron chi connectivity index (χ3n) is 2.46. The Morgan fingerprint density at radius 2 is 1.88 bits per heavy atom. The lowest BCUT2D eigenvalue weighted by Crippen LogP contribution is -2.03. The highest BCUT2D eigenvalue weighted by Gasteiger charge is 2.08. The van der Waals surface area contributed by atoms with E-state index in [4.69, 9.17) is 0 Å². The molecule has 1 heterocycles. The highest BCUT2D eigenvalue weighted by molar-refractivity contribution is 7.10. The minimum atomic E-state index is 0.203. The number of rotatable bonds is 3. The minimum Gasteiger partial charge on any atom is -0.294 e. The summed E-state index contributed by atoms with van der Waals surface area (Å²) in [5.41, 5.74) is 3.12. The van der Waals surface area contributed by atoms with Crippen LogP contribution in [0.5, 0.6) is 0 Å². The third-order valence-corrected chi connectivity index (χ3v) is 3.33. The van der Waals surface area contributed by atoms with Gasteiger partial charge in [0.2, 0.25) is 0 Å². The van der Waals surface area contributed by atoms with Gasteiger partial charge in [-0.05, 0) is 37.4 Å². The normalized spacial score (nSPS) is 10.4. The second-order valence-electron chi connectivity index (χ2n) is 4.06. The summed E-state index contributed by atoms with van der Waals surface area (Å²) >= 11 is 1.63. The summed E-state index contributed by atoms with van der Waals surface area (Å²) in [6.45, 7) is 4.05. The van der Waals surface area contributed by atoms with E-state index >= 15 is 0 Å². The molecule has 0 radical (unpaired) electrons. The Morgan fingerprint density at radius 3 is 2.44 bits per heavy atom. The van der Waals surface area contributed by atoms with Crippen molar-refractivity contribution in [1.82, 2.24) is 0 Å². The molecule has 1 aromatic carbocycles. The van der Waals surface area contributed by atoms with Crippen molar-refractivity contribution in [2.45, 2.75) is 20.3 Å². The molecule has 0 saturated carbocycles. The molecule has 16 heavy (non-hydrogen) atoms. The fourth-order valence-electron chi connectivity index (χ4n) is 1.81. The summed E-state index contributed by atoms with van der Waals surface area (Å²) in [4.78, 5) is 13.2. The number of hydrogen-bond donors (Lipinski definition) is 0. The van der Waals surface area contributed by atoms with Crippen molar-refractivity contribution in [3.05, 3.63) is 57.3 Å². The summed E-state index contributed by atoms with van der Waals surface area (Å²) in [7, 11) is 0. The van der Waals surface area contributed by atoms with Crippen molar-refractivity contribution >= 4 is 17.1 Å². The Kier molecular flexibility index (Phi) is 3.20. The fraction of sp³-hybridized carbons (Fsp3) is 0.214. The molecule has 0 unspecified atom stereocenters. The van der Waals surface area contributed by atoms with Crippen LogP contribution in [-0.2, 0) is 6.42 Å². The molecule has 0 spiro atoms. The third kappa shape index (κ3) is 2.58. The van der Waals surface area contributed by atoms with Crippen LogP contribution in [0.1, 0.15) is 26.4 Å². The molecule has 2 heteroatoms. The van der Waals surface area contributed by atoms with E-state index in [0.29, 0.717) is 6.42 Å². The standard InChI is InChI=1S/C14H14OS/c1-10-6-11(2)8-12(7-10)14(15)9-13-4-3-5-16-13/h3-8H,9H2,1-2H3. The van der Waals surface area contributed by atoms with Crippen LogP contribution in [0.15, 0.2) is 35.7 Å². The number of carbonyl (C=O) groups excluding carboxylic acids is 1. The average molecular weight is 230 g/mol. The van der Waals surface area contributed by atoms with E-state index in [-0.39, 0.29) is 5.78 Å². The maximum atomic E-state index is 12.0. The molecule has 0 saturated heterocycles. The van der Waals surface area contributed by atoms with Crippen molar-refractivity contribution in [2.75, 3.05) is 0 Å². The Labute approximate surface area is 99.8 Å². The minimum absolute atomic E-state index is 0.203. The zero-order valence-corrected chi connectivity index (χ0v) is 10.3. The number of thiophene rings is 1. The molecule has 2 aromatic rings. The lowest BCUT2D eigenvalue weighted by molar-refractivity contribution is 0.0993. The van der Waals surface area contributed by atoms with Gasteiger partial charge in [-0.15, -0.1) is 11.3 Å². The summed E-state index contributed by atoms with van der Waals surface area (Å²) in [5, 5.41) is 2.00. The van der Waals surface area contributed by atoms with Gasteiger partial charge in [-0.25, -0.2) is 0 Å². The molecule has 1 nitrogen and oxygen atoms in total. The first-order valence-electron chi connectivity index (χ1n) is 5.29. The molecule has 2 rings (SSSR count). The predicted molar refractivity (Wildman–Crippen MR) is 68.3 cm³/mol. The SMILES string of the molecule is Cc1cc(C)cc(C(=O)Cc2cccs2)c1. The summed E-state index contributed by atoms with van der Waals surface area (Å²) in [5.74, 6) is 0.203. The molecule has 0 aliphatic heterocycles. The summed E-state index contributed by atoms with van der Waals surface area (Å²) < 4.78 is 0. The highest BCUT2D eigenvalue weighted by Crippen LogP contribution is 2.15. The number of benzene rings is 1. The van der Waals surface area contributed by atoms with Gasteiger partial charge in [-0.1, -0.05) is 23.3 Å². The predicted octanol–water partition coefficient (Wildman–Crippen LogP) is 3.79. The van der Waals surface area contributed by atoms with Crippen LogP contribution < -0.4 is 0 Å². The van der Waals surface area contributed by atoms with Crippen molar-refractivity contribution in [2.24, 2.45) is 0 Å². The second-order valence-corrected chi connectivity index (χ2v) is 5.09. The van der Waals surface area contributed by atoms with Crippen LogP contribution in [0, 0.1) is 13.8 Å². The van der Waals surface area contributed by atoms with Crippen LogP contribution in [-0.4, -0.2) is 5.78 Å². The van der Waals surface area contributed by atoms with Crippen LogP contribution in [0.4, 0.5) is 0 Å². The van der Waals surface area contributed by atoms with E-state index < -0.39 is 0 Å². The first kappa shape index (κ1) is 11.1. The largest absolute Gasteiger partial charge is 0.294 e. The van der Waals surface area contributed by atoms with Gasteiger partial charge in [-0.2, -0.15) is 0 Å². The van der Waals surface area contributed by atoms with E-state index in [1.165, 1.54) is 0 Å². The lowest BCUT2D eigenvalue weighted by atomic mass is 10.0. The molecule has 0 amide bonds. The molecule has 82 valence electrons. The topological polar surface area (TPSA) is 17.1 Å². The zero-order chi connectivity index (χ0) is 11.5. The molecular formula is C14H14OS. The van der Waals surface area contributed by atoms with Gasteiger partial charge >= 0.3 is 0 Å². The maximum absolute atomic E-state index is 12.0. The maximum Gasteiger partial charge on any atom is 0.168 e. The summed E-state index contributed by atoms with van der Waals surface area (Å²) in [6.07, 6.45) is 0.514. The first-order valence-corrected chi connectivity index (χ1v) is 6.17. The van der Waals surface area contributed by atoms with Crippen molar-refractivity contribution < 1.29 is 4.79 Å². The van der Waals surface area contributed by atoms with E-state index in [2.05, 4.69) is 6.07 Å².